The fourth-order valence-corrected chi connectivity index (χ4v) is 3.46. The lowest BCUT2D eigenvalue weighted by atomic mass is 9.90. The maximum atomic E-state index is 12.2. The zero-order valence-corrected chi connectivity index (χ0v) is 11.4. The maximum Gasteiger partial charge on any atom is 0.269 e. The number of nitrogens with one attached hydrogen (secondary N) is 2. The average molecular weight is 301 g/mol. The van der Waals surface area contributed by atoms with E-state index >= 15 is 0 Å². The van der Waals surface area contributed by atoms with Crippen LogP contribution in [0.25, 0.3) is 0 Å². The SMILES string of the molecule is O=[N+]([O-])c1ccc(S(=O)(=O)NC2(CCO)CNC2)cc1. The highest BCUT2D eigenvalue weighted by Crippen LogP contribution is 2.21. The molecule has 9 heteroatoms. The summed E-state index contributed by atoms with van der Waals surface area (Å²) in [5, 5.41) is 22.5. The molecule has 0 aromatic heterocycles. The van der Waals surface area contributed by atoms with Crippen LogP contribution in [0.2, 0.25) is 0 Å². The van der Waals surface area contributed by atoms with Crippen LogP contribution in [-0.4, -0.2) is 43.7 Å². The predicted molar refractivity (Wildman–Crippen MR) is 70.7 cm³/mol. The molecule has 3 N–H and O–H groups in total. The molecular weight excluding hydrogens is 286 g/mol. The number of aliphatic hydroxyl groups is 1. The third-order valence-electron chi connectivity index (χ3n) is 3.23. The van der Waals surface area contributed by atoms with E-state index in [2.05, 4.69) is 10.0 Å². The molecule has 0 aliphatic carbocycles. The van der Waals surface area contributed by atoms with E-state index in [1.54, 1.807) is 0 Å². The fourth-order valence-electron chi connectivity index (χ4n) is 2.03. The first kappa shape index (κ1) is 14.9. The van der Waals surface area contributed by atoms with Crippen LogP contribution >= 0.6 is 0 Å². The second-order valence-corrected chi connectivity index (χ2v) is 6.40. The summed E-state index contributed by atoms with van der Waals surface area (Å²) in [7, 11) is -3.77. The number of benzene rings is 1. The number of sulfonamides is 1. The number of non-ortho nitro benzene ring substituents is 1. The van der Waals surface area contributed by atoms with Gasteiger partial charge in [0.15, 0.2) is 0 Å². The summed E-state index contributed by atoms with van der Waals surface area (Å²) >= 11 is 0. The first-order valence-electron chi connectivity index (χ1n) is 5.99. The van der Waals surface area contributed by atoms with E-state index in [-0.39, 0.29) is 17.2 Å². The lowest BCUT2D eigenvalue weighted by Crippen LogP contribution is -2.69. The van der Waals surface area contributed by atoms with Gasteiger partial charge >= 0.3 is 0 Å². The minimum Gasteiger partial charge on any atom is -0.396 e. The monoisotopic (exact) mass is 301 g/mol. The molecule has 0 atom stereocenters. The number of rotatable bonds is 6. The number of aliphatic hydroxyl groups excluding tert-OH is 1. The lowest BCUT2D eigenvalue weighted by molar-refractivity contribution is -0.384. The van der Waals surface area contributed by atoms with Crippen LogP contribution in [0.5, 0.6) is 0 Å². The van der Waals surface area contributed by atoms with Gasteiger partial charge in [0, 0.05) is 31.8 Å². The second kappa shape index (κ2) is 5.44. The number of nitrogens with zero attached hydrogens (tertiary/aromatic N) is 1. The summed E-state index contributed by atoms with van der Waals surface area (Å²) in [5.74, 6) is 0. The minimum atomic E-state index is -3.77. The lowest BCUT2D eigenvalue weighted by Gasteiger charge is -2.42. The largest absolute Gasteiger partial charge is 0.396 e. The van der Waals surface area contributed by atoms with Gasteiger partial charge in [-0.15, -0.1) is 0 Å². The molecule has 0 bridgehead atoms. The Morgan fingerprint density at radius 2 is 1.95 bits per heavy atom. The quantitative estimate of drug-likeness (QED) is 0.485. The molecule has 0 saturated carbocycles. The molecule has 1 aromatic carbocycles. The number of nitro groups is 1. The highest BCUT2D eigenvalue weighted by Gasteiger charge is 2.40. The standard InChI is InChI=1S/C11H15N3O5S/c15-6-5-11(7-12-8-11)13-20(18,19)10-3-1-9(2-4-10)14(16)17/h1-4,12-13,15H,5-8H2. The van der Waals surface area contributed by atoms with Crippen molar-refractivity contribution in [1.29, 1.82) is 0 Å². The Labute approximate surface area is 116 Å². The molecule has 0 amide bonds. The smallest absolute Gasteiger partial charge is 0.269 e. The van der Waals surface area contributed by atoms with Crippen molar-refractivity contribution in [3.8, 4) is 0 Å². The average Bonchev–Trinajstić information content (AvgIpc) is 2.36. The van der Waals surface area contributed by atoms with E-state index < -0.39 is 20.5 Å². The number of hydrogen-bond acceptors (Lipinski definition) is 6. The summed E-state index contributed by atoms with van der Waals surface area (Å²) in [6, 6.07) is 4.68. The van der Waals surface area contributed by atoms with Crippen molar-refractivity contribution >= 4 is 15.7 Å². The van der Waals surface area contributed by atoms with Crippen LogP contribution < -0.4 is 10.0 Å². The molecule has 1 fully saturated rings. The van der Waals surface area contributed by atoms with Crippen LogP contribution in [0.15, 0.2) is 29.2 Å². The van der Waals surface area contributed by atoms with Gasteiger partial charge in [-0.2, -0.15) is 0 Å². The van der Waals surface area contributed by atoms with Gasteiger partial charge in [0.1, 0.15) is 0 Å². The normalized spacial score (nSPS) is 17.4. The van der Waals surface area contributed by atoms with Gasteiger partial charge in [-0.25, -0.2) is 13.1 Å². The fraction of sp³-hybridized carbons (Fsp3) is 0.455. The van der Waals surface area contributed by atoms with Crippen molar-refractivity contribution < 1.29 is 18.4 Å². The zero-order chi connectivity index (χ0) is 14.8. The van der Waals surface area contributed by atoms with E-state index in [0.717, 1.165) is 12.1 Å². The van der Waals surface area contributed by atoms with Crippen molar-refractivity contribution in [2.75, 3.05) is 19.7 Å². The first-order chi connectivity index (χ1) is 9.38. The molecule has 1 aromatic rings. The molecule has 1 saturated heterocycles. The molecule has 0 radical (unpaired) electrons. The molecule has 110 valence electrons. The van der Waals surface area contributed by atoms with E-state index in [9.17, 15) is 18.5 Å². The third kappa shape index (κ3) is 2.96. The Hall–Kier alpha value is -1.55. The summed E-state index contributed by atoms with van der Waals surface area (Å²) < 4.78 is 27.0. The van der Waals surface area contributed by atoms with Gasteiger partial charge in [0.25, 0.3) is 5.69 Å². The van der Waals surface area contributed by atoms with Crippen LogP contribution in [-0.2, 0) is 10.0 Å². The molecule has 8 nitrogen and oxygen atoms in total. The van der Waals surface area contributed by atoms with E-state index in [4.69, 9.17) is 5.11 Å². The van der Waals surface area contributed by atoms with Gasteiger partial charge in [-0.05, 0) is 18.6 Å². The summed E-state index contributed by atoms with van der Waals surface area (Å²) in [6.45, 7) is 0.768. The number of nitro benzene ring substituents is 1. The van der Waals surface area contributed by atoms with Gasteiger partial charge in [-0.3, -0.25) is 10.1 Å². The molecule has 2 rings (SSSR count). The zero-order valence-electron chi connectivity index (χ0n) is 10.6. The highest BCUT2D eigenvalue weighted by atomic mass is 32.2. The Morgan fingerprint density at radius 1 is 1.35 bits per heavy atom. The van der Waals surface area contributed by atoms with Gasteiger partial charge in [-0.1, -0.05) is 0 Å². The van der Waals surface area contributed by atoms with Crippen LogP contribution in [0.3, 0.4) is 0 Å². The van der Waals surface area contributed by atoms with Crippen LogP contribution in [0.1, 0.15) is 6.42 Å². The first-order valence-corrected chi connectivity index (χ1v) is 7.47. The van der Waals surface area contributed by atoms with Gasteiger partial charge < -0.3 is 10.4 Å². The predicted octanol–water partition coefficient (Wildman–Crippen LogP) is -0.402. The summed E-state index contributed by atoms with van der Waals surface area (Å²) in [6.07, 6.45) is 0.312. The molecule has 0 spiro atoms. The van der Waals surface area contributed by atoms with Crippen molar-refractivity contribution in [1.82, 2.24) is 10.0 Å². The Kier molecular flexibility index (Phi) is 4.04. The van der Waals surface area contributed by atoms with Gasteiger partial charge in [0.05, 0.1) is 15.4 Å². The number of hydrogen-bond donors (Lipinski definition) is 3. The molecule has 0 unspecified atom stereocenters. The topological polar surface area (TPSA) is 122 Å². The molecule has 1 aliphatic heterocycles. The van der Waals surface area contributed by atoms with Crippen molar-refractivity contribution in [3.05, 3.63) is 34.4 Å². The Balaban J connectivity index is 2.19. The second-order valence-electron chi connectivity index (χ2n) is 4.71. The molecule has 20 heavy (non-hydrogen) atoms. The summed E-state index contributed by atoms with van der Waals surface area (Å²) in [5.41, 5.74) is -0.852. The maximum absolute atomic E-state index is 12.2. The van der Waals surface area contributed by atoms with E-state index in [1.165, 1.54) is 12.1 Å². The molecule has 1 aliphatic rings. The van der Waals surface area contributed by atoms with Crippen molar-refractivity contribution in [2.24, 2.45) is 0 Å². The van der Waals surface area contributed by atoms with E-state index in [1.807, 2.05) is 0 Å². The van der Waals surface area contributed by atoms with Crippen LogP contribution in [0, 0.1) is 10.1 Å². The molecule has 1 heterocycles. The van der Waals surface area contributed by atoms with Gasteiger partial charge in [0.2, 0.25) is 10.0 Å². The third-order valence-corrected chi connectivity index (χ3v) is 4.82. The Bertz CT molecular complexity index is 595. The van der Waals surface area contributed by atoms with Crippen molar-refractivity contribution in [2.45, 2.75) is 16.9 Å². The molecular formula is C11H15N3O5S. The van der Waals surface area contributed by atoms with Crippen LogP contribution in [0.4, 0.5) is 5.69 Å². The Morgan fingerprint density at radius 3 is 2.35 bits per heavy atom. The minimum absolute atomic E-state index is 0.0349. The summed E-state index contributed by atoms with van der Waals surface area (Å²) in [4.78, 5) is 9.91. The van der Waals surface area contributed by atoms with Crippen molar-refractivity contribution in [3.63, 3.8) is 0 Å². The van der Waals surface area contributed by atoms with E-state index in [0.29, 0.717) is 19.5 Å². The highest BCUT2D eigenvalue weighted by molar-refractivity contribution is 7.89.